The number of H-pyrrole nitrogens is 1. The van der Waals surface area contributed by atoms with Gasteiger partial charge in [0.15, 0.2) is 0 Å². The lowest BCUT2D eigenvalue weighted by atomic mass is 10.0. The number of aromatic nitrogens is 2. The number of aromatic amines is 1. The van der Waals surface area contributed by atoms with E-state index in [1.165, 1.54) is 0 Å². The number of amides is 1. The molecule has 6 heteroatoms. The number of rotatable bonds is 5. The second-order valence-electron chi connectivity index (χ2n) is 6.42. The van der Waals surface area contributed by atoms with Crippen LogP contribution < -0.4 is 5.56 Å². The summed E-state index contributed by atoms with van der Waals surface area (Å²) in [5.74, 6) is 0.145. The molecule has 0 bridgehead atoms. The van der Waals surface area contributed by atoms with Crippen LogP contribution in [0.2, 0.25) is 0 Å². The van der Waals surface area contributed by atoms with Crippen molar-refractivity contribution in [3.8, 4) is 0 Å². The Morgan fingerprint density at radius 2 is 2.04 bits per heavy atom. The summed E-state index contributed by atoms with van der Waals surface area (Å²) in [6.45, 7) is 3.99. The lowest BCUT2D eigenvalue weighted by Crippen LogP contribution is -2.55. The van der Waals surface area contributed by atoms with Gasteiger partial charge in [-0.1, -0.05) is 31.9 Å². The van der Waals surface area contributed by atoms with Gasteiger partial charge in [-0.3, -0.25) is 14.5 Å². The van der Waals surface area contributed by atoms with Crippen LogP contribution in [0.1, 0.15) is 31.9 Å². The number of hydrogen-bond donors (Lipinski definition) is 1. The minimum Gasteiger partial charge on any atom is -0.343 e. The van der Waals surface area contributed by atoms with Gasteiger partial charge in [-0.25, -0.2) is 4.98 Å². The van der Waals surface area contributed by atoms with Crippen molar-refractivity contribution in [2.24, 2.45) is 0 Å². The van der Waals surface area contributed by atoms with Crippen LogP contribution in [0.15, 0.2) is 29.1 Å². The molecule has 0 radical (unpaired) electrons. The SMILES string of the molecule is CCCCC1C(=O)N(C)CCN1Cc1nc2ccccc2[nH]c1=O. The van der Waals surface area contributed by atoms with Crippen molar-refractivity contribution in [1.82, 2.24) is 19.8 Å². The summed E-state index contributed by atoms with van der Waals surface area (Å²) in [7, 11) is 1.85. The van der Waals surface area contributed by atoms with Crippen molar-refractivity contribution in [1.29, 1.82) is 0 Å². The Kier molecular flexibility index (Phi) is 4.94. The maximum absolute atomic E-state index is 12.5. The van der Waals surface area contributed by atoms with Gasteiger partial charge in [0.2, 0.25) is 5.91 Å². The second-order valence-corrected chi connectivity index (χ2v) is 6.42. The van der Waals surface area contributed by atoms with Crippen molar-refractivity contribution in [3.63, 3.8) is 0 Å². The predicted molar refractivity (Wildman–Crippen MR) is 93.7 cm³/mol. The third-order valence-corrected chi connectivity index (χ3v) is 4.68. The van der Waals surface area contributed by atoms with E-state index < -0.39 is 0 Å². The first-order valence-electron chi connectivity index (χ1n) is 8.57. The van der Waals surface area contributed by atoms with E-state index in [2.05, 4.69) is 21.8 Å². The molecule has 1 unspecified atom stereocenters. The molecule has 1 aromatic carbocycles. The molecular weight excluding hydrogens is 304 g/mol. The maximum atomic E-state index is 12.5. The summed E-state index contributed by atoms with van der Waals surface area (Å²) < 4.78 is 0. The molecule has 0 saturated carbocycles. The quantitative estimate of drug-likeness (QED) is 0.908. The first-order valence-corrected chi connectivity index (χ1v) is 8.57. The number of fused-ring (bicyclic) bond motifs is 1. The number of nitrogens with one attached hydrogen (secondary N) is 1. The fourth-order valence-electron chi connectivity index (χ4n) is 3.21. The van der Waals surface area contributed by atoms with Crippen LogP contribution in [0, 0.1) is 0 Å². The monoisotopic (exact) mass is 328 g/mol. The van der Waals surface area contributed by atoms with E-state index in [1.807, 2.05) is 31.3 Å². The normalized spacial score (nSPS) is 19.2. The summed E-state index contributed by atoms with van der Waals surface area (Å²) in [6, 6.07) is 7.35. The Morgan fingerprint density at radius 1 is 1.25 bits per heavy atom. The largest absolute Gasteiger partial charge is 0.343 e. The van der Waals surface area contributed by atoms with Crippen LogP contribution in [0.25, 0.3) is 11.0 Å². The molecule has 128 valence electrons. The molecule has 1 N–H and O–H groups in total. The lowest BCUT2D eigenvalue weighted by molar-refractivity contribution is -0.140. The highest BCUT2D eigenvalue weighted by Gasteiger charge is 2.33. The van der Waals surface area contributed by atoms with Gasteiger partial charge < -0.3 is 9.88 Å². The van der Waals surface area contributed by atoms with Crippen LogP contribution >= 0.6 is 0 Å². The first-order chi connectivity index (χ1) is 11.6. The smallest absolute Gasteiger partial charge is 0.271 e. The minimum absolute atomic E-state index is 0.145. The zero-order chi connectivity index (χ0) is 17.1. The summed E-state index contributed by atoms with van der Waals surface area (Å²) in [5.41, 5.74) is 1.82. The fraction of sp³-hybridized carbons (Fsp3) is 0.500. The standard InChI is InChI=1S/C18H24N4O2/c1-3-4-9-16-18(24)21(2)10-11-22(16)12-15-17(23)20-14-8-6-5-7-13(14)19-15/h5-8,16H,3-4,9-12H2,1-2H3,(H,20,23). The molecule has 1 atom stereocenters. The molecule has 1 saturated heterocycles. The van der Waals surface area contributed by atoms with E-state index in [4.69, 9.17) is 0 Å². The van der Waals surface area contributed by atoms with Crippen LogP contribution in [0.3, 0.4) is 0 Å². The highest BCUT2D eigenvalue weighted by molar-refractivity contribution is 5.82. The molecule has 0 aliphatic carbocycles. The number of likely N-dealkylation sites (N-methyl/N-ethyl adjacent to an activating group) is 1. The average molecular weight is 328 g/mol. The highest BCUT2D eigenvalue weighted by atomic mass is 16.2. The number of nitrogens with zero attached hydrogens (tertiary/aromatic N) is 3. The Labute approximate surface area is 141 Å². The van der Waals surface area contributed by atoms with E-state index in [1.54, 1.807) is 4.90 Å². The van der Waals surface area contributed by atoms with Crippen LogP contribution in [0.5, 0.6) is 0 Å². The van der Waals surface area contributed by atoms with Gasteiger partial charge in [0.1, 0.15) is 5.69 Å². The van der Waals surface area contributed by atoms with Crippen LogP contribution in [-0.4, -0.2) is 51.9 Å². The Balaban J connectivity index is 1.86. The Morgan fingerprint density at radius 3 is 2.83 bits per heavy atom. The number of benzene rings is 1. The predicted octanol–water partition coefficient (Wildman–Crippen LogP) is 1.76. The fourth-order valence-corrected chi connectivity index (χ4v) is 3.21. The van der Waals surface area contributed by atoms with Crippen LogP contribution in [-0.2, 0) is 11.3 Å². The van der Waals surface area contributed by atoms with Crippen molar-refractivity contribution >= 4 is 16.9 Å². The Hall–Kier alpha value is -2.21. The minimum atomic E-state index is -0.172. The lowest BCUT2D eigenvalue weighted by Gasteiger charge is -2.38. The van der Waals surface area contributed by atoms with Gasteiger partial charge >= 0.3 is 0 Å². The van der Waals surface area contributed by atoms with E-state index in [9.17, 15) is 9.59 Å². The molecule has 1 fully saturated rings. The summed E-state index contributed by atoms with van der Waals surface area (Å²) in [6.07, 6.45) is 2.88. The molecule has 24 heavy (non-hydrogen) atoms. The van der Waals surface area contributed by atoms with Crippen molar-refractivity contribution in [3.05, 3.63) is 40.3 Å². The second kappa shape index (κ2) is 7.13. The third kappa shape index (κ3) is 3.33. The molecule has 1 aliphatic rings. The van der Waals surface area contributed by atoms with E-state index in [0.29, 0.717) is 18.8 Å². The average Bonchev–Trinajstić information content (AvgIpc) is 2.58. The number of para-hydroxylation sites is 2. The molecule has 1 aliphatic heterocycles. The Bertz CT molecular complexity index is 786. The number of hydrogen-bond acceptors (Lipinski definition) is 4. The zero-order valence-electron chi connectivity index (χ0n) is 14.3. The maximum Gasteiger partial charge on any atom is 0.271 e. The summed E-state index contributed by atoms with van der Waals surface area (Å²) >= 11 is 0. The van der Waals surface area contributed by atoms with E-state index >= 15 is 0 Å². The molecule has 2 heterocycles. The van der Waals surface area contributed by atoms with Crippen molar-refractivity contribution < 1.29 is 4.79 Å². The number of piperazine rings is 1. The topological polar surface area (TPSA) is 69.3 Å². The van der Waals surface area contributed by atoms with Gasteiger partial charge in [-0.2, -0.15) is 0 Å². The molecular formula is C18H24N4O2. The number of carbonyl (C=O) groups excluding carboxylic acids is 1. The van der Waals surface area contributed by atoms with Crippen molar-refractivity contribution in [2.45, 2.75) is 38.8 Å². The third-order valence-electron chi connectivity index (χ3n) is 4.68. The van der Waals surface area contributed by atoms with Crippen molar-refractivity contribution in [2.75, 3.05) is 20.1 Å². The van der Waals surface area contributed by atoms with E-state index in [-0.39, 0.29) is 17.5 Å². The number of carbonyl (C=O) groups is 1. The van der Waals surface area contributed by atoms with Gasteiger partial charge in [-0.15, -0.1) is 0 Å². The van der Waals surface area contributed by atoms with Gasteiger partial charge in [0.05, 0.1) is 17.1 Å². The number of unbranched alkanes of at least 4 members (excludes halogenated alkanes) is 1. The van der Waals surface area contributed by atoms with Gasteiger partial charge in [-0.05, 0) is 18.6 Å². The molecule has 1 aromatic heterocycles. The van der Waals surface area contributed by atoms with Crippen LogP contribution in [0.4, 0.5) is 0 Å². The molecule has 2 aromatic rings. The zero-order valence-corrected chi connectivity index (χ0v) is 14.3. The molecule has 6 nitrogen and oxygen atoms in total. The molecule has 0 spiro atoms. The van der Waals surface area contributed by atoms with Gasteiger partial charge in [0.25, 0.3) is 5.56 Å². The molecule has 1 amide bonds. The molecule has 3 rings (SSSR count). The first kappa shape index (κ1) is 16.6. The summed E-state index contributed by atoms with van der Waals surface area (Å²) in [4.78, 5) is 36.1. The highest BCUT2D eigenvalue weighted by Crippen LogP contribution is 2.18. The summed E-state index contributed by atoms with van der Waals surface area (Å²) in [5, 5.41) is 0. The van der Waals surface area contributed by atoms with Gasteiger partial charge in [0, 0.05) is 26.7 Å². The van der Waals surface area contributed by atoms with E-state index in [0.717, 1.165) is 36.8 Å².